The number of carboxylic acids is 1. The summed E-state index contributed by atoms with van der Waals surface area (Å²) in [5.74, 6) is -1.18. The average molecular weight is 305 g/mol. The molecular weight excluding hydrogens is 290 g/mol. The lowest BCUT2D eigenvalue weighted by atomic mass is 10.1. The quantitative estimate of drug-likeness (QED) is 0.924. The van der Waals surface area contributed by atoms with Crippen molar-refractivity contribution in [3.05, 3.63) is 35.2 Å². The molecule has 0 radical (unpaired) electrons. The Labute approximate surface area is 125 Å². The third kappa shape index (κ3) is 2.77. The molecule has 0 aliphatic carbocycles. The highest BCUT2D eigenvalue weighted by atomic mass is 32.1. The second kappa shape index (κ2) is 5.46. The van der Waals surface area contributed by atoms with Gasteiger partial charge in [0.1, 0.15) is 0 Å². The number of thiophene rings is 1. The summed E-state index contributed by atoms with van der Waals surface area (Å²) in [5.41, 5.74) is 0.583. The maximum absolute atomic E-state index is 12.6. The summed E-state index contributed by atoms with van der Waals surface area (Å²) >= 11 is 1.63. The van der Waals surface area contributed by atoms with Gasteiger partial charge in [0.15, 0.2) is 6.10 Å². The maximum atomic E-state index is 12.6. The van der Waals surface area contributed by atoms with E-state index >= 15 is 0 Å². The fourth-order valence-corrected chi connectivity index (χ4v) is 3.31. The topological polar surface area (TPSA) is 66.8 Å². The van der Waals surface area contributed by atoms with Crippen LogP contribution in [0.1, 0.15) is 17.3 Å². The Hall–Kier alpha value is -1.92. The average Bonchev–Trinajstić information content (AvgIpc) is 2.93. The summed E-state index contributed by atoms with van der Waals surface area (Å²) in [4.78, 5) is 25.2. The fourth-order valence-electron chi connectivity index (χ4n) is 2.54. The molecule has 3 rings (SSSR count). The first-order chi connectivity index (χ1) is 10.0. The predicted molar refractivity (Wildman–Crippen MR) is 79.7 cm³/mol. The smallest absolute Gasteiger partial charge is 0.334 e. The number of carboxylic acid groups (broad SMARTS) is 1. The Morgan fingerprint density at radius 1 is 1.33 bits per heavy atom. The molecule has 110 valence electrons. The van der Waals surface area contributed by atoms with Crippen LogP contribution in [-0.4, -0.2) is 47.2 Å². The van der Waals surface area contributed by atoms with Gasteiger partial charge in [-0.1, -0.05) is 0 Å². The molecule has 1 saturated heterocycles. The summed E-state index contributed by atoms with van der Waals surface area (Å²) in [6, 6.07) is 7.53. The molecule has 1 fully saturated rings. The number of benzene rings is 1. The van der Waals surface area contributed by atoms with Gasteiger partial charge in [-0.2, -0.15) is 0 Å². The molecule has 1 aromatic heterocycles. The first-order valence-electron chi connectivity index (χ1n) is 6.69. The Morgan fingerprint density at radius 3 is 2.90 bits per heavy atom. The summed E-state index contributed by atoms with van der Waals surface area (Å²) in [6.07, 6.45) is -1.24. The number of hydrogen-bond acceptors (Lipinski definition) is 4. The van der Waals surface area contributed by atoms with Crippen LogP contribution in [0, 0.1) is 0 Å². The largest absolute Gasteiger partial charge is 0.479 e. The van der Waals surface area contributed by atoms with Gasteiger partial charge < -0.3 is 14.7 Å². The molecular formula is C15H15NO4S. The third-order valence-corrected chi connectivity index (χ3v) is 4.42. The van der Waals surface area contributed by atoms with Crippen molar-refractivity contribution in [3.8, 4) is 0 Å². The maximum Gasteiger partial charge on any atom is 0.334 e. The molecule has 21 heavy (non-hydrogen) atoms. The minimum Gasteiger partial charge on any atom is -0.479 e. The normalized spacial score (nSPS) is 22.4. The summed E-state index contributed by atoms with van der Waals surface area (Å²) in [6.45, 7) is 2.27. The molecule has 0 spiro atoms. The van der Waals surface area contributed by atoms with Crippen LogP contribution >= 0.6 is 11.3 Å². The van der Waals surface area contributed by atoms with Crippen molar-refractivity contribution in [2.75, 3.05) is 13.1 Å². The van der Waals surface area contributed by atoms with Crippen molar-refractivity contribution < 1.29 is 19.4 Å². The van der Waals surface area contributed by atoms with Gasteiger partial charge in [0.25, 0.3) is 5.91 Å². The molecule has 1 aliphatic rings. The van der Waals surface area contributed by atoms with Crippen molar-refractivity contribution in [3.63, 3.8) is 0 Å². The van der Waals surface area contributed by atoms with Gasteiger partial charge in [-0.15, -0.1) is 11.3 Å². The first kappa shape index (κ1) is 14.0. The van der Waals surface area contributed by atoms with Crippen LogP contribution in [-0.2, 0) is 9.53 Å². The lowest BCUT2D eigenvalue weighted by Crippen LogP contribution is -2.51. The van der Waals surface area contributed by atoms with E-state index in [0.717, 1.165) is 10.1 Å². The van der Waals surface area contributed by atoms with Crippen LogP contribution in [0.4, 0.5) is 0 Å². The van der Waals surface area contributed by atoms with E-state index in [1.54, 1.807) is 29.2 Å². The van der Waals surface area contributed by atoms with Crippen molar-refractivity contribution >= 4 is 33.3 Å². The van der Waals surface area contributed by atoms with Crippen LogP contribution in [0.3, 0.4) is 0 Å². The van der Waals surface area contributed by atoms with Crippen LogP contribution in [0.5, 0.6) is 0 Å². The van der Waals surface area contributed by atoms with Crippen molar-refractivity contribution in [2.45, 2.75) is 19.1 Å². The summed E-state index contributed by atoms with van der Waals surface area (Å²) < 4.78 is 6.46. The van der Waals surface area contributed by atoms with E-state index < -0.39 is 12.1 Å². The van der Waals surface area contributed by atoms with E-state index in [9.17, 15) is 9.59 Å². The highest BCUT2D eigenvalue weighted by Gasteiger charge is 2.33. The lowest BCUT2D eigenvalue weighted by molar-refractivity contribution is -0.160. The zero-order valence-electron chi connectivity index (χ0n) is 11.5. The van der Waals surface area contributed by atoms with Crippen LogP contribution in [0.15, 0.2) is 29.6 Å². The number of hydrogen-bond donors (Lipinski definition) is 1. The zero-order chi connectivity index (χ0) is 15.0. The number of amides is 1. The number of nitrogens with zero attached hydrogens (tertiary/aromatic N) is 1. The zero-order valence-corrected chi connectivity index (χ0v) is 12.3. The lowest BCUT2D eigenvalue weighted by Gasteiger charge is -2.35. The standard InChI is InChI=1S/C15H15NO4S/c1-9-7-16(8-12(20-9)15(18)19)14(17)11-2-3-13-10(6-11)4-5-21-13/h2-6,9,12H,7-8H2,1H3,(H,18,19)/t9-,12?/m1/s1. The third-order valence-electron chi connectivity index (χ3n) is 3.52. The van der Waals surface area contributed by atoms with Gasteiger partial charge in [-0.25, -0.2) is 4.79 Å². The molecule has 1 aromatic carbocycles. The molecule has 2 atom stereocenters. The number of carbonyl (C=O) groups is 2. The molecule has 5 nitrogen and oxygen atoms in total. The highest BCUT2D eigenvalue weighted by Crippen LogP contribution is 2.23. The van der Waals surface area contributed by atoms with E-state index in [1.807, 2.05) is 23.6 Å². The second-order valence-corrected chi connectivity index (χ2v) is 6.10. The van der Waals surface area contributed by atoms with E-state index in [1.165, 1.54) is 0 Å². The van der Waals surface area contributed by atoms with Crippen molar-refractivity contribution in [2.24, 2.45) is 0 Å². The summed E-state index contributed by atoms with van der Waals surface area (Å²) in [5, 5.41) is 12.1. The molecule has 2 heterocycles. The van der Waals surface area contributed by atoms with Gasteiger partial charge in [0.05, 0.1) is 12.6 Å². The van der Waals surface area contributed by atoms with E-state index in [2.05, 4.69) is 0 Å². The molecule has 2 aromatic rings. The number of fused-ring (bicyclic) bond motifs is 1. The number of carbonyl (C=O) groups excluding carboxylic acids is 1. The molecule has 6 heteroatoms. The van der Waals surface area contributed by atoms with E-state index in [-0.39, 0.29) is 18.6 Å². The van der Waals surface area contributed by atoms with E-state index in [0.29, 0.717) is 12.1 Å². The Balaban J connectivity index is 1.84. The number of aliphatic carboxylic acids is 1. The molecule has 1 unspecified atom stereocenters. The van der Waals surface area contributed by atoms with Crippen LogP contribution in [0.2, 0.25) is 0 Å². The Bertz CT molecular complexity index is 696. The number of rotatable bonds is 2. The SMILES string of the molecule is C[C@@H]1CN(C(=O)c2ccc3sccc3c2)CC(C(=O)O)O1. The first-order valence-corrected chi connectivity index (χ1v) is 7.57. The van der Waals surface area contributed by atoms with Crippen LogP contribution < -0.4 is 0 Å². The van der Waals surface area contributed by atoms with E-state index in [4.69, 9.17) is 9.84 Å². The fraction of sp³-hybridized carbons (Fsp3) is 0.333. The highest BCUT2D eigenvalue weighted by molar-refractivity contribution is 7.17. The van der Waals surface area contributed by atoms with Gasteiger partial charge in [-0.05, 0) is 42.0 Å². The number of morpholine rings is 1. The minimum atomic E-state index is -1.03. The minimum absolute atomic E-state index is 0.0835. The molecule has 0 saturated carbocycles. The number of ether oxygens (including phenoxy) is 1. The van der Waals surface area contributed by atoms with Gasteiger partial charge in [0.2, 0.25) is 0 Å². The molecule has 1 aliphatic heterocycles. The summed E-state index contributed by atoms with van der Waals surface area (Å²) in [7, 11) is 0. The Morgan fingerprint density at radius 2 is 2.14 bits per heavy atom. The van der Waals surface area contributed by atoms with Crippen molar-refractivity contribution in [1.82, 2.24) is 4.90 Å². The second-order valence-electron chi connectivity index (χ2n) is 5.16. The molecule has 1 N–H and O–H groups in total. The molecule has 0 bridgehead atoms. The predicted octanol–water partition coefficient (Wildman–Crippen LogP) is 2.22. The Kier molecular flexibility index (Phi) is 3.65. The van der Waals surface area contributed by atoms with Gasteiger partial charge in [0, 0.05) is 16.8 Å². The molecule has 1 amide bonds. The van der Waals surface area contributed by atoms with Crippen molar-refractivity contribution in [1.29, 1.82) is 0 Å². The van der Waals surface area contributed by atoms with Gasteiger partial charge >= 0.3 is 5.97 Å². The van der Waals surface area contributed by atoms with Crippen LogP contribution in [0.25, 0.3) is 10.1 Å². The van der Waals surface area contributed by atoms with Gasteiger partial charge in [-0.3, -0.25) is 4.79 Å². The monoisotopic (exact) mass is 305 g/mol.